The van der Waals surface area contributed by atoms with Crippen LogP contribution >= 0.6 is 15.2 Å². The zero-order valence-electron chi connectivity index (χ0n) is 14.4. The molecule has 1 heterocycles. The van der Waals surface area contributed by atoms with Crippen molar-refractivity contribution in [1.82, 2.24) is 0 Å². The molecular formula is C20H22F2P2Zr. The second-order valence-corrected chi connectivity index (χ2v) is 18.2. The Bertz CT molecular complexity index is 745. The summed E-state index contributed by atoms with van der Waals surface area (Å²) in [5.41, 5.74) is 4.32. The van der Waals surface area contributed by atoms with Gasteiger partial charge in [0.15, 0.2) is 0 Å². The predicted molar refractivity (Wildman–Crippen MR) is 100 cm³/mol. The summed E-state index contributed by atoms with van der Waals surface area (Å²) in [5.74, 6) is 1.75. The number of rotatable bonds is 0. The summed E-state index contributed by atoms with van der Waals surface area (Å²) >= 11 is -0.468. The summed E-state index contributed by atoms with van der Waals surface area (Å²) in [6, 6.07) is 9.29. The molecule has 0 radical (unpaired) electrons. The van der Waals surface area contributed by atoms with Crippen LogP contribution in [0.4, 0.5) is 0 Å². The fraction of sp³-hybridized carbons (Fsp3) is 0.400. The van der Waals surface area contributed by atoms with Gasteiger partial charge in [-0.25, -0.2) is 0 Å². The fourth-order valence-electron chi connectivity index (χ4n) is 4.94. The molecule has 5 heteroatoms. The molecule has 2 fully saturated rings. The van der Waals surface area contributed by atoms with E-state index >= 15 is 0 Å². The normalized spacial score (nSPS) is 39.1. The van der Waals surface area contributed by atoms with Crippen molar-refractivity contribution in [3.8, 4) is 0 Å². The molecule has 1 saturated heterocycles. The molecule has 0 N–H and O–H groups in total. The van der Waals surface area contributed by atoms with E-state index in [1.54, 1.807) is 11.1 Å². The van der Waals surface area contributed by atoms with Crippen LogP contribution in [-0.4, -0.2) is 19.0 Å². The Morgan fingerprint density at radius 3 is 2.64 bits per heavy atom. The van der Waals surface area contributed by atoms with Gasteiger partial charge < -0.3 is 9.41 Å². The molecule has 1 aliphatic heterocycles. The van der Waals surface area contributed by atoms with Crippen LogP contribution in [0.1, 0.15) is 21.2 Å². The molecule has 25 heavy (non-hydrogen) atoms. The van der Waals surface area contributed by atoms with Gasteiger partial charge in [0.25, 0.3) is 0 Å². The Kier molecular flexibility index (Phi) is 6.00. The number of benzene rings is 1. The average molecular weight is 454 g/mol. The molecule has 0 spiro atoms. The van der Waals surface area contributed by atoms with E-state index < -0.39 is 23.2 Å². The van der Waals surface area contributed by atoms with E-state index in [1.807, 2.05) is 5.31 Å². The van der Waals surface area contributed by atoms with Gasteiger partial charge in [-0.15, -0.1) is 0 Å². The fourth-order valence-corrected chi connectivity index (χ4v) is 22.2. The first-order valence-electron chi connectivity index (χ1n) is 8.62. The van der Waals surface area contributed by atoms with Gasteiger partial charge in [-0.2, -0.15) is 0 Å². The predicted octanol–water partition coefficient (Wildman–Crippen LogP) is 0.244. The maximum absolute atomic E-state index is 2.65. The van der Waals surface area contributed by atoms with Crippen LogP contribution in [0, 0.1) is 11.8 Å². The van der Waals surface area contributed by atoms with Crippen molar-refractivity contribution in [2.45, 2.75) is 19.3 Å². The van der Waals surface area contributed by atoms with E-state index in [0.717, 1.165) is 24.7 Å². The smallest absolute Gasteiger partial charge is 1.00 e. The molecule has 1 saturated carbocycles. The summed E-state index contributed by atoms with van der Waals surface area (Å²) < 4.78 is 1.97. The first kappa shape index (κ1) is 19.8. The van der Waals surface area contributed by atoms with E-state index in [-0.39, 0.29) is 24.6 Å². The van der Waals surface area contributed by atoms with Crippen LogP contribution in [0.25, 0.3) is 6.08 Å². The molecule has 7 atom stereocenters. The molecule has 4 aliphatic rings. The van der Waals surface area contributed by atoms with Gasteiger partial charge in [0.05, 0.1) is 0 Å². The van der Waals surface area contributed by atoms with Gasteiger partial charge in [0, 0.05) is 0 Å². The van der Waals surface area contributed by atoms with E-state index in [0.29, 0.717) is 0 Å². The minimum Gasteiger partial charge on any atom is -1.00 e. The molecular weight excluding hydrogens is 431 g/mol. The van der Waals surface area contributed by atoms with Gasteiger partial charge in [-0.05, 0) is 0 Å². The van der Waals surface area contributed by atoms with Crippen LogP contribution in [0.15, 0.2) is 53.9 Å². The molecule has 1 aromatic rings. The molecule has 3 aliphatic carbocycles. The van der Waals surface area contributed by atoms with Gasteiger partial charge in [0.1, 0.15) is 0 Å². The van der Waals surface area contributed by atoms with Crippen molar-refractivity contribution in [2.75, 3.05) is 13.3 Å². The molecule has 5 rings (SSSR count). The first-order valence-corrected chi connectivity index (χ1v) is 15.8. The SMILES string of the molecule is CP1C2=Cc3ccccc3[CH]2[Zr+2][CH]2C3C=CC=CC3CC2P1C.[F-].[F-]. The maximum Gasteiger partial charge on any atom is -1.00 e. The number of allylic oxidation sites excluding steroid dienone is 5. The zero-order valence-corrected chi connectivity index (χ0v) is 18.7. The van der Waals surface area contributed by atoms with Crippen LogP contribution < -0.4 is 9.41 Å². The third-order valence-corrected chi connectivity index (χ3v) is 20.7. The van der Waals surface area contributed by atoms with Crippen LogP contribution in [0.5, 0.6) is 0 Å². The Balaban J connectivity index is 0.000000911. The van der Waals surface area contributed by atoms with Gasteiger partial charge in [-0.3, -0.25) is 0 Å². The van der Waals surface area contributed by atoms with E-state index in [4.69, 9.17) is 0 Å². The van der Waals surface area contributed by atoms with E-state index in [2.05, 4.69) is 68.0 Å². The molecule has 0 amide bonds. The van der Waals surface area contributed by atoms with Crippen molar-refractivity contribution in [2.24, 2.45) is 11.8 Å². The van der Waals surface area contributed by atoms with Crippen molar-refractivity contribution < 1.29 is 32.6 Å². The molecule has 1 aromatic carbocycles. The Morgan fingerprint density at radius 1 is 1.04 bits per heavy atom. The van der Waals surface area contributed by atoms with Crippen LogP contribution in [-0.2, 0) is 23.2 Å². The standard InChI is InChI=1S/C20H22P2.2FH.Zr/c1-21(19-11-15-7-3-4-8-16(15)12-19)22(2)20-13-17-9-5-6-10-18(17)14-20;;;/h3-13,17-18,20H,14H2,1-2H3;2*1H;/q;;;+2/p-2. The quantitative estimate of drug-likeness (QED) is 0.494. The summed E-state index contributed by atoms with van der Waals surface area (Å²) in [6.07, 6.45) is 13.8. The number of halogens is 2. The largest absolute Gasteiger partial charge is 1.00 e. The topological polar surface area (TPSA) is 0 Å². The number of fused-ring (bicyclic) bond motifs is 6. The zero-order chi connectivity index (χ0) is 15.6. The van der Waals surface area contributed by atoms with E-state index in [9.17, 15) is 0 Å². The summed E-state index contributed by atoms with van der Waals surface area (Å²) in [7, 11) is 0.275. The average Bonchev–Trinajstić information content (AvgIpc) is 3.11. The minimum absolute atomic E-state index is 0. The van der Waals surface area contributed by atoms with Crippen molar-refractivity contribution >= 4 is 21.3 Å². The summed E-state index contributed by atoms with van der Waals surface area (Å²) in [4.78, 5) is 0. The van der Waals surface area contributed by atoms with Crippen molar-refractivity contribution in [3.05, 3.63) is 65.0 Å². The van der Waals surface area contributed by atoms with E-state index in [1.165, 1.54) is 6.42 Å². The Hall–Kier alpha value is 0.0431. The molecule has 7 unspecified atom stereocenters. The van der Waals surface area contributed by atoms with Gasteiger partial charge in [0.2, 0.25) is 0 Å². The van der Waals surface area contributed by atoms with Crippen molar-refractivity contribution in [1.29, 1.82) is 0 Å². The maximum atomic E-state index is 2.65. The molecule has 0 bridgehead atoms. The molecule has 130 valence electrons. The number of hydrogen-bond acceptors (Lipinski definition) is 0. The first-order chi connectivity index (χ1) is 11.2. The molecule has 0 nitrogen and oxygen atoms in total. The Morgan fingerprint density at radius 2 is 1.80 bits per heavy atom. The van der Waals surface area contributed by atoms with Crippen molar-refractivity contribution in [3.63, 3.8) is 0 Å². The molecule has 0 aromatic heterocycles. The minimum atomic E-state index is -0.468. The Labute approximate surface area is 162 Å². The third-order valence-electron chi connectivity index (χ3n) is 6.23. The van der Waals surface area contributed by atoms with Gasteiger partial charge in [-0.1, -0.05) is 0 Å². The summed E-state index contributed by atoms with van der Waals surface area (Å²) in [5, 5.41) is 1.89. The van der Waals surface area contributed by atoms with Gasteiger partial charge >= 0.3 is 154 Å². The van der Waals surface area contributed by atoms with Crippen LogP contribution in [0.3, 0.4) is 0 Å². The monoisotopic (exact) mass is 452 g/mol. The second kappa shape index (κ2) is 7.58. The third kappa shape index (κ3) is 3.03. The van der Waals surface area contributed by atoms with Crippen LogP contribution in [0.2, 0.25) is 3.63 Å². The summed E-state index contributed by atoms with van der Waals surface area (Å²) in [6.45, 7) is 5.26. The number of hydrogen-bond donors (Lipinski definition) is 0. The second-order valence-electron chi connectivity index (χ2n) is 7.23.